The molecule has 7 heteroatoms. The van der Waals surface area contributed by atoms with Crippen molar-refractivity contribution in [1.29, 1.82) is 0 Å². The molecule has 2 aromatic carbocycles. The van der Waals surface area contributed by atoms with Crippen LogP contribution in [0.15, 0.2) is 42.5 Å². The molecular weight excluding hydrogens is 326 g/mol. The molecule has 0 aromatic heterocycles. The first kappa shape index (κ1) is 18.1. The smallest absolute Gasteiger partial charge is 0.339 e. The number of anilines is 1. The van der Waals surface area contributed by atoms with Gasteiger partial charge in [0, 0.05) is 0 Å². The van der Waals surface area contributed by atoms with Crippen molar-refractivity contribution in [2.45, 2.75) is 0 Å². The van der Waals surface area contributed by atoms with E-state index in [2.05, 4.69) is 5.32 Å². The zero-order chi connectivity index (χ0) is 18.2. The number of ether oxygens (including phenoxy) is 4. The second-order valence-corrected chi connectivity index (χ2v) is 4.87. The monoisotopic (exact) mass is 345 g/mol. The van der Waals surface area contributed by atoms with Crippen LogP contribution in [0.3, 0.4) is 0 Å². The highest BCUT2D eigenvalue weighted by Crippen LogP contribution is 2.36. The summed E-state index contributed by atoms with van der Waals surface area (Å²) in [6.45, 7) is -0.265. The Morgan fingerprint density at radius 1 is 0.920 bits per heavy atom. The molecule has 25 heavy (non-hydrogen) atoms. The summed E-state index contributed by atoms with van der Waals surface area (Å²) in [6, 6.07) is 11.7. The van der Waals surface area contributed by atoms with Gasteiger partial charge in [-0.15, -0.1) is 0 Å². The van der Waals surface area contributed by atoms with Crippen LogP contribution in [0, 0.1) is 0 Å². The molecular formula is C18H19NO6. The highest BCUT2D eigenvalue weighted by atomic mass is 16.5. The topological polar surface area (TPSA) is 83.1 Å². The van der Waals surface area contributed by atoms with Crippen LogP contribution in [0.25, 0.3) is 0 Å². The average molecular weight is 345 g/mol. The maximum atomic E-state index is 12.1. The van der Waals surface area contributed by atoms with E-state index in [0.29, 0.717) is 22.9 Å². The third-order valence-electron chi connectivity index (χ3n) is 3.33. The first-order valence-electron chi connectivity index (χ1n) is 7.41. The van der Waals surface area contributed by atoms with E-state index in [1.807, 2.05) is 0 Å². The van der Waals surface area contributed by atoms with Crippen molar-refractivity contribution >= 4 is 17.6 Å². The van der Waals surface area contributed by atoms with Crippen molar-refractivity contribution in [3.63, 3.8) is 0 Å². The van der Waals surface area contributed by atoms with E-state index < -0.39 is 11.9 Å². The van der Waals surface area contributed by atoms with E-state index in [1.165, 1.54) is 21.3 Å². The summed E-state index contributed by atoms with van der Waals surface area (Å²) in [5.74, 6) is 0.301. The predicted octanol–water partition coefficient (Wildman–Crippen LogP) is 2.51. The zero-order valence-corrected chi connectivity index (χ0v) is 14.2. The highest BCUT2D eigenvalue weighted by Gasteiger charge is 2.15. The number of rotatable bonds is 7. The fourth-order valence-electron chi connectivity index (χ4n) is 2.18. The summed E-state index contributed by atoms with van der Waals surface area (Å²) in [4.78, 5) is 23.9. The van der Waals surface area contributed by atoms with Gasteiger partial charge in [-0.1, -0.05) is 18.2 Å². The quantitative estimate of drug-likeness (QED) is 0.777. The zero-order valence-electron chi connectivity index (χ0n) is 14.2. The van der Waals surface area contributed by atoms with Gasteiger partial charge in [-0.2, -0.15) is 0 Å². The van der Waals surface area contributed by atoms with Gasteiger partial charge < -0.3 is 24.3 Å². The SMILES string of the molecule is COC(=O)c1ccccc1NC(=O)COc1cccc(OC)c1OC. The molecule has 0 saturated heterocycles. The summed E-state index contributed by atoms with van der Waals surface area (Å²) < 4.78 is 20.6. The Morgan fingerprint density at radius 3 is 2.32 bits per heavy atom. The van der Waals surface area contributed by atoms with E-state index in [-0.39, 0.29) is 12.2 Å². The Morgan fingerprint density at radius 2 is 1.64 bits per heavy atom. The van der Waals surface area contributed by atoms with Gasteiger partial charge in [-0.25, -0.2) is 4.79 Å². The lowest BCUT2D eigenvalue weighted by Crippen LogP contribution is -2.22. The number of nitrogens with one attached hydrogen (secondary N) is 1. The van der Waals surface area contributed by atoms with Crippen LogP contribution in [-0.4, -0.2) is 39.8 Å². The number of methoxy groups -OCH3 is 3. The lowest BCUT2D eigenvalue weighted by Gasteiger charge is -2.14. The Kier molecular flexibility index (Phi) is 6.22. The van der Waals surface area contributed by atoms with Crippen molar-refractivity contribution in [3.8, 4) is 17.2 Å². The van der Waals surface area contributed by atoms with Gasteiger partial charge in [0.05, 0.1) is 32.6 Å². The molecule has 1 N–H and O–H groups in total. The van der Waals surface area contributed by atoms with Crippen LogP contribution in [0.2, 0.25) is 0 Å². The number of hydrogen-bond donors (Lipinski definition) is 1. The number of amides is 1. The molecule has 0 atom stereocenters. The number of hydrogen-bond acceptors (Lipinski definition) is 6. The summed E-state index contributed by atoms with van der Waals surface area (Å²) >= 11 is 0. The Labute approximate surface area is 145 Å². The van der Waals surface area contributed by atoms with E-state index in [1.54, 1.807) is 42.5 Å². The van der Waals surface area contributed by atoms with Crippen LogP contribution >= 0.6 is 0 Å². The van der Waals surface area contributed by atoms with Crippen molar-refractivity contribution in [3.05, 3.63) is 48.0 Å². The van der Waals surface area contributed by atoms with Gasteiger partial charge in [0.1, 0.15) is 0 Å². The van der Waals surface area contributed by atoms with Crippen LogP contribution in [0.1, 0.15) is 10.4 Å². The van der Waals surface area contributed by atoms with E-state index in [4.69, 9.17) is 18.9 Å². The standard InChI is InChI=1S/C18H19NO6/c1-22-14-9-6-10-15(17(14)23-2)25-11-16(20)19-13-8-5-4-7-12(13)18(21)24-3/h4-10H,11H2,1-3H3,(H,19,20). The number of carbonyl (C=O) groups excluding carboxylic acids is 2. The first-order chi connectivity index (χ1) is 12.1. The van der Waals surface area contributed by atoms with Crippen LogP contribution in [0.5, 0.6) is 17.2 Å². The molecule has 0 unspecified atom stereocenters. The molecule has 132 valence electrons. The minimum absolute atomic E-state index is 0.261. The van der Waals surface area contributed by atoms with E-state index >= 15 is 0 Å². The molecule has 1 amide bonds. The van der Waals surface area contributed by atoms with Crippen molar-refractivity contribution in [1.82, 2.24) is 0 Å². The molecule has 0 spiro atoms. The molecule has 2 aromatic rings. The second-order valence-electron chi connectivity index (χ2n) is 4.87. The van der Waals surface area contributed by atoms with Crippen molar-refractivity contribution < 1.29 is 28.5 Å². The molecule has 2 rings (SSSR count). The predicted molar refractivity (Wildman–Crippen MR) is 91.5 cm³/mol. The molecule has 7 nitrogen and oxygen atoms in total. The van der Waals surface area contributed by atoms with E-state index in [0.717, 1.165) is 0 Å². The number of carbonyl (C=O) groups is 2. The van der Waals surface area contributed by atoms with Crippen molar-refractivity contribution in [2.75, 3.05) is 33.3 Å². The molecule has 0 aliphatic rings. The molecule has 0 aliphatic carbocycles. The summed E-state index contributed by atoms with van der Waals surface area (Å²) in [7, 11) is 4.27. The molecule has 0 aliphatic heterocycles. The lowest BCUT2D eigenvalue weighted by atomic mass is 10.2. The highest BCUT2D eigenvalue weighted by molar-refractivity contribution is 6.01. The van der Waals surface area contributed by atoms with Gasteiger partial charge in [0.25, 0.3) is 5.91 Å². The largest absolute Gasteiger partial charge is 0.493 e. The average Bonchev–Trinajstić information content (AvgIpc) is 2.65. The maximum absolute atomic E-state index is 12.1. The van der Waals surface area contributed by atoms with Crippen molar-refractivity contribution in [2.24, 2.45) is 0 Å². The van der Waals surface area contributed by atoms with Gasteiger partial charge in [-0.3, -0.25) is 4.79 Å². The third kappa shape index (κ3) is 4.41. The fourth-order valence-corrected chi connectivity index (χ4v) is 2.18. The molecule has 0 radical (unpaired) electrons. The van der Waals surface area contributed by atoms with Gasteiger partial charge in [-0.05, 0) is 24.3 Å². The van der Waals surface area contributed by atoms with Crippen LogP contribution in [-0.2, 0) is 9.53 Å². The summed E-state index contributed by atoms with van der Waals surface area (Å²) in [5, 5.41) is 2.63. The van der Waals surface area contributed by atoms with Gasteiger partial charge in [0.15, 0.2) is 18.1 Å². The number of esters is 1. The van der Waals surface area contributed by atoms with Gasteiger partial charge >= 0.3 is 5.97 Å². The molecule has 0 heterocycles. The second kappa shape index (κ2) is 8.58. The maximum Gasteiger partial charge on any atom is 0.339 e. The summed E-state index contributed by atoms with van der Waals surface area (Å²) in [5.41, 5.74) is 0.609. The Balaban J connectivity index is 2.07. The molecule has 0 fully saturated rings. The normalized spacial score (nSPS) is 9.88. The van der Waals surface area contributed by atoms with Crippen LogP contribution < -0.4 is 19.5 Å². The van der Waals surface area contributed by atoms with Gasteiger partial charge in [0.2, 0.25) is 5.75 Å². The fraction of sp³-hybridized carbons (Fsp3) is 0.222. The Bertz CT molecular complexity index is 759. The number of benzene rings is 2. The molecule has 0 saturated carbocycles. The molecule has 0 bridgehead atoms. The number of para-hydroxylation sites is 2. The minimum Gasteiger partial charge on any atom is -0.493 e. The lowest BCUT2D eigenvalue weighted by molar-refractivity contribution is -0.118. The summed E-state index contributed by atoms with van der Waals surface area (Å²) in [6.07, 6.45) is 0. The Hall–Kier alpha value is -3.22. The van der Waals surface area contributed by atoms with E-state index in [9.17, 15) is 9.59 Å². The minimum atomic E-state index is -0.536. The van der Waals surface area contributed by atoms with Crippen LogP contribution in [0.4, 0.5) is 5.69 Å². The third-order valence-corrected chi connectivity index (χ3v) is 3.33. The first-order valence-corrected chi connectivity index (χ1v) is 7.41.